The molecular formula is C11H23N3O. The van der Waals surface area contributed by atoms with Gasteiger partial charge in [0, 0.05) is 19.0 Å². The molecule has 0 aromatic carbocycles. The molecule has 4 nitrogen and oxygen atoms in total. The zero-order valence-electron chi connectivity index (χ0n) is 9.88. The van der Waals surface area contributed by atoms with Crippen molar-refractivity contribution in [3.05, 3.63) is 0 Å². The van der Waals surface area contributed by atoms with Crippen LogP contribution in [-0.2, 0) is 4.79 Å². The zero-order chi connectivity index (χ0) is 11.1. The topological polar surface area (TPSA) is 44.4 Å². The van der Waals surface area contributed by atoms with E-state index in [-0.39, 0.29) is 5.91 Å². The van der Waals surface area contributed by atoms with Crippen molar-refractivity contribution in [2.24, 2.45) is 0 Å². The molecule has 1 rings (SSSR count). The van der Waals surface area contributed by atoms with Gasteiger partial charge in [-0.15, -0.1) is 0 Å². The molecule has 1 aliphatic heterocycles. The standard InChI is InChI=1S/C11H23N3O/c1-12-7-3-6-11(15)13-9-10-5-4-8-14(10)2/h10,12H,3-9H2,1-2H3,(H,13,15). The quantitative estimate of drug-likeness (QED) is 0.619. The largest absolute Gasteiger partial charge is 0.355 e. The van der Waals surface area contributed by atoms with Gasteiger partial charge in [0.2, 0.25) is 5.91 Å². The van der Waals surface area contributed by atoms with E-state index in [1.165, 1.54) is 19.4 Å². The van der Waals surface area contributed by atoms with Crippen molar-refractivity contribution in [1.29, 1.82) is 0 Å². The third-order valence-corrected chi connectivity index (χ3v) is 3.04. The summed E-state index contributed by atoms with van der Waals surface area (Å²) in [6.07, 6.45) is 4.03. The van der Waals surface area contributed by atoms with Gasteiger partial charge in [0.1, 0.15) is 0 Å². The van der Waals surface area contributed by atoms with Gasteiger partial charge >= 0.3 is 0 Å². The van der Waals surface area contributed by atoms with Crippen LogP contribution in [0.5, 0.6) is 0 Å². The first-order valence-electron chi connectivity index (χ1n) is 5.85. The third-order valence-electron chi connectivity index (χ3n) is 3.04. The molecule has 1 fully saturated rings. The highest BCUT2D eigenvalue weighted by Gasteiger charge is 2.20. The number of likely N-dealkylation sites (N-methyl/N-ethyl adjacent to an activating group) is 1. The Morgan fingerprint density at radius 3 is 2.93 bits per heavy atom. The van der Waals surface area contributed by atoms with Crippen LogP contribution < -0.4 is 10.6 Å². The second-order valence-electron chi connectivity index (χ2n) is 4.29. The lowest BCUT2D eigenvalue weighted by atomic mass is 10.2. The summed E-state index contributed by atoms with van der Waals surface area (Å²) in [6, 6.07) is 0.554. The summed E-state index contributed by atoms with van der Waals surface area (Å²) in [6.45, 7) is 2.89. The van der Waals surface area contributed by atoms with E-state index >= 15 is 0 Å². The van der Waals surface area contributed by atoms with Gasteiger partial charge in [0.05, 0.1) is 0 Å². The number of likely N-dealkylation sites (tertiary alicyclic amines) is 1. The molecule has 0 saturated carbocycles. The van der Waals surface area contributed by atoms with Crippen LogP contribution in [0, 0.1) is 0 Å². The Hall–Kier alpha value is -0.610. The van der Waals surface area contributed by atoms with Crippen molar-refractivity contribution in [3.8, 4) is 0 Å². The first kappa shape index (κ1) is 12.5. The van der Waals surface area contributed by atoms with Gasteiger partial charge < -0.3 is 15.5 Å². The molecule has 0 aliphatic carbocycles. The van der Waals surface area contributed by atoms with Crippen molar-refractivity contribution >= 4 is 5.91 Å². The van der Waals surface area contributed by atoms with Crippen LogP contribution in [0.25, 0.3) is 0 Å². The fourth-order valence-corrected chi connectivity index (χ4v) is 1.98. The fraction of sp³-hybridized carbons (Fsp3) is 0.909. The Labute approximate surface area is 92.4 Å². The molecule has 1 aliphatic rings. The maximum Gasteiger partial charge on any atom is 0.220 e. The SMILES string of the molecule is CNCCCC(=O)NCC1CCCN1C. The predicted molar refractivity (Wildman–Crippen MR) is 61.8 cm³/mol. The zero-order valence-corrected chi connectivity index (χ0v) is 9.88. The van der Waals surface area contributed by atoms with Crippen molar-refractivity contribution in [2.45, 2.75) is 31.7 Å². The van der Waals surface area contributed by atoms with Crippen molar-refractivity contribution in [1.82, 2.24) is 15.5 Å². The molecule has 1 amide bonds. The second kappa shape index (κ2) is 6.80. The summed E-state index contributed by atoms with van der Waals surface area (Å²) in [7, 11) is 4.04. The van der Waals surface area contributed by atoms with Crippen LogP contribution in [-0.4, -0.2) is 50.6 Å². The molecular weight excluding hydrogens is 190 g/mol. The normalized spacial score (nSPS) is 21.9. The van der Waals surface area contributed by atoms with Crippen molar-refractivity contribution in [3.63, 3.8) is 0 Å². The van der Waals surface area contributed by atoms with Gasteiger partial charge in [-0.3, -0.25) is 4.79 Å². The van der Waals surface area contributed by atoms with Crippen molar-refractivity contribution < 1.29 is 4.79 Å². The number of carbonyl (C=O) groups is 1. The number of hydrogen-bond acceptors (Lipinski definition) is 3. The van der Waals surface area contributed by atoms with E-state index in [9.17, 15) is 4.79 Å². The summed E-state index contributed by atoms with van der Waals surface area (Å²) in [5.74, 6) is 0.186. The van der Waals surface area contributed by atoms with Gasteiger partial charge in [0.15, 0.2) is 0 Å². The minimum absolute atomic E-state index is 0.186. The van der Waals surface area contributed by atoms with E-state index in [1.54, 1.807) is 0 Å². The molecule has 88 valence electrons. The summed E-state index contributed by atoms with van der Waals surface area (Å²) in [5, 5.41) is 6.04. The molecule has 0 aromatic heterocycles. The average Bonchev–Trinajstić information content (AvgIpc) is 2.61. The number of nitrogens with zero attached hydrogens (tertiary/aromatic N) is 1. The van der Waals surface area contributed by atoms with Gasteiger partial charge in [-0.05, 0) is 46.4 Å². The van der Waals surface area contributed by atoms with E-state index in [4.69, 9.17) is 0 Å². The molecule has 1 unspecified atom stereocenters. The van der Waals surface area contributed by atoms with E-state index < -0.39 is 0 Å². The lowest BCUT2D eigenvalue weighted by Crippen LogP contribution is -2.38. The van der Waals surface area contributed by atoms with E-state index in [1.807, 2.05) is 7.05 Å². The smallest absolute Gasteiger partial charge is 0.220 e. The van der Waals surface area contributed by atoms with Crippen LogP contribution in [0.15, 0.2) is 0 Å². The highest BCUT2D eigenvalue weighted by atomic mass is 16.1. The maximum absolute atomic E-state index is 11.4. The van der Waals surface area contributed by atoms with Crippen LogP contribution in [0.2, 0.25) is 0 Å². The van der Waals surface area contributed by atoms with Crippen molar-refractivity contribution in [2.75, 3.05) is 33.7 Å². The Morgan fingerprint density at radius 1 is 1.53 bits per heavy atom. The first-order valence-corrected chi connectivity index (χ1v) is 5.85. The Balaban J connectivity index is 2.05. The van der Waals surface area contributed by atoms with Gasteiger partial charge in [-0.2, -0.15) is 0 Å². The van der Waals surface area contributed by atoms with Crippen LogP contribution >= 0.6 is 0 Å². The van der Waals surface area contributed by atoms with Gasteiger partial charge in [-0.25, -0.2) is 0 Å². The summed E-state index contributed by atoms with van der Waals surface area (Å²) in [5.41, 5.74) is 0. The van der Waals surface area contributed by atoms with Gasteiger partial charge in [0.25, 0.3) is 0 Å². The second-order valence-corrected chi connectivity index (χ2v) is 4.29. The lowest BCUT2D eigenvalue weighted by Gasteiger charge is -2.19. The Morgan fingerprint density at radius 2 is 2.33 bits per heavy atom. The lowest BCUT2D eigenvalue weighted by molar-refractivity contribution is -0.121. The fourth-order valence-electron chi connectivity index (χ4n) is 1.98. The molecule has 0 aromatic rings. The number of amides is 1. The summed E-state index contributed by atoms with van der Waals surface area (Å²) in [4.78, 5) is 13.8. The van der Waals surface area contributed by atoms with Crippen LogP contribution in [0.1, 0.15) is 25.7 Å². The van der Waals surface area contributed by atoms with Gasteiger partial charge in [-0.1, -0.05) is 0 Å². The Kier molecular flexibility index (Phi) is 5.65. The molecule has 15 heavy (non-hydrogen) atoms. The van der Waals surface area contributed by atoms with Crippen LogP contribution in [0.3, 0.4) is 0 Å². The number of hydrogen-bond donors (Lipinski definition) is 2. The molecule has 0 bridgehead atoms. The number of rotatable bonds is 6. The van der Waals surface area contributed by atoms with Crippen LogP contribution in [0.4, 0.5) is 0 Å². The minimum Gasteiger partial charge on any atom is -0.355 e. The molecule has 1 saturated heterocycles. The molecule has 4 heteroatoms. The summed E-state index contributed by atoms with van der Waals surface area (Å²) >= 11 is 0. The summed E-state index contributed by atoms with van der Waals surface area (Å²) < 4.78 is 0. The molecule has 1 heterocycles. The minimum atomic E-state index is 0.186. The molecule has 0 radical (unpaired) electrons. The number of carbonyl (C=O) groups excluding carboxylic acids is 1. The Bertz CT molecular complexity index is 196. The first-order chi connectivity index (χ1) is 7.24. The predicted octanol–water partition coefficient (Wildman–Crippen LogP) is 0.196. The maximum atomic E-state index is 11.4. The third kappa shape index (κ3) is 4.62. The molecule has 0 spiro atoms. The highest BCUT2D eigenvalue weighted by Crippen LogP contribution is 2.13. The van der Waals surface area contributed by atoms with E-state index in [0.29, 0.717) is 12.5 Å². The van der Waals surface area contributed by atoms with E-state index in [2.05, 4.69) is 22.6 Å². The highest BCUT2D eigenvalue weighted by molar-refractivity contribution is 5.75. The molecule has 1 atom stereocenters. The monoisotopic (exact) mass is 213 g/mol. The average molecular weight is 213 g/mol. The molecule has 2 N–H and O–H groups in total. The van der Waals surface area contributed by atoms with E-state index in [0.717, 1.165) is 19.5 Å². The number of nitrogens with one attached hydrogen (secondary N) is 2.